The Balaban J connectivity index is 1.06. The summed E-state index contributed by atoms with van der Waals surface area (Å²) in [7, 11) is 0. The lowest BCUT2D eigenvalue weighted by atomic mass is 9.82. The third kappa shape index (κ3) is 4.34. The Labute approximate surface area is 315 Å². The number of hydrogen-bond acceptors (Lipinski definition) is 2. The van der Waals surface area contributed by atoms with Crippen molar-refractivity contribution in [3.05, 3.63) is 186 Å². The fraction of sp³-hybridized carbons (Fsp3) is 0.115. The monoisotopic (exact) mass is 693 g/mol. The lowest BCUT2D eigenvalue weighted by Crippen LogP contribution is -2.18. The fourth-order valence-corrected chi connectivity index (χ4v) is 9.61. The predicted octanol–water partition coefficient (Wildman–Crippen LogP) is 14.5. The molecule has 0 atom stereocenters. The van der Waals surface area contributed by atoms with E-state index in [-0.39, 0.29) is 10.8 Å². The highest BCUT2D eigenvalue weighted by Gasteiger charge is 2.37. The second kappa shape index (κ2) is 11.1. The summed E-state index contributed by atoms with van der Waals surface area (Å²) < 4.78 is 6.63. The van der Waals surface area contributed by atoms with Crippen molar-refractivity contribution in [3.8, 4) is 33.4 Å². The van der Waals surface area contributed by atoms with Crippen molar-refractivity contribution in [1.29, 1.82) is 0 Å². The van der Waals surface area contributed by atoms with E-state index >= 15 is 0 Å². The molecular weight excluding hydrogens is 655 g/mol. The smallest absolute Gasteiger partial charge is 0.143 e. The second-order valence-corrected chi connectivity index (χ2v) is 16.2. The van der Waals surface area contributed by atoms with Crippen molar-refractivity contribution in [2.45, 2.75) is 38.5 Å². The van der Waals surface area contributed by atoms with Crippen LogP contribution in [0, 0.1) is 0 Å². The van der Waals surface area contributed by atoms with Gasteiger partial charge >= 0.3 is 0 Å². The number of furan rings is 1. The minimum Gasteiger partial charge on any atom is -0.455 e. The van der Waals surface area contributed by atoms with Crippen molar-refractivity contribution in [2.75, 3.05) is 4.90 Å². The summed E-state index contributed by atoms with van der Waals surface area (Å²) >= 11 is 0. The normalized spacial score (nSPS) is 14.6. The fourth-order valence-electron chi connectivity index (χ4n) is 9.61. The third-order valence-corrected chi connectivity index (χ3v) is 12.5. The van der Waals surface area contributed by atoms with Crippen LogP contribution in [0.5, 0.6) is 0 Å². The number of fused-ring (bicyclic) bond motifs is 10. The molecule has 0 unspecified atom stereocenters. The topological polar surface area (TPSA) is 16.4 Å². The van der Waals surface area contributed by atoms with Gasteiger partial charge in [-0.2, -0.15) is 0 Å². The molecule has 0 aliphatic heterocycles. The molecule has 1 heterocycles. The first-order valence-electron chi connectivity index (χ1n) is 19.0. The molecule has 258 valence electrons. The van der Waals surface area contributed by atoms with E-state index in [0.717, 1.165) is 50.1 Å². The van der Waals surface area contributed by atoms with E-state index in [4.69, 9.17) is 4.42 Å². The molecule has 1 aromatic heterocycles. The molecule has 2 nitrogen and oxygen atoms in total. The molecule has 11 rings (SSSR count). The Hall–Kier alpha value is -6.38. The Morgan fingerprint density at radius 1 is 0.389 bits per heavy atom. The first kappa shape index (κ1) is 31.2. The summed E-state index contributed by atoms with van der Waals surface area (Å²) in [4.78, 5) is 2.44. The van der Waals surface area contributed by atoms with Gasteiger partial charge in [0, 0.05) is 44.2 Å². The van der Waals surface area contributed by atoms with Crippen LogP contribution >= 0.6 is 0 Å². The van der Waals surface area contributed by atoms with Crippen molar-refractivity contribution >= 4 is 49.8 Å². The van der Waals surface area contributed by atoms with Crippen LogP contribution in [0.2, 0.25) is 0 Å². The minimum absolute atomic E-state index is 0.101. The van der Waals surface area contributed by atoms with E-state index in [1.807, 2.05) is 0 Å². The molecule has 0 saturated carbocycles. The standard InChI is InChI=1S/C52H39NO/c1-51(2)45-18-9-7-14-39(45)41-26-24-36(30-47(41)51)53(37-25-27-42-40-15-8-10-19-46(40)52(3,4)48(42)31-37)35-22-20-32(21-23-35)38-16-11-17-43-44-28-33-12-5-6-13-34(33)29-49(44)54-50(38)43/h5-31H,1-4H3. The lowest BCUT2D eigenvalue weighted by Gasteiger charge is -2.30. The summed E-state index contributed by atoms with van der Waals surface area (Å²) in [5.41, 5.74) is 18.1. The van der Waals surface area contributed by atoms with Gasteiger partial charge in [-0.05, 0) is 109 Å². The second-order valence-electron chi connectivity index (χ2n) is 16.2. The molecule has 2 aliphatic carbocycles. The summed E-state index contributed by atoms with van der Waals surface area (Å²) in [6, 6.07) is 60.3. The molecule has 0 N–H and O–H groups in total. The maximum Gasteiger partial charge on any atom is 0.143 e. The maximum absolute atomic E-state index is 6.63. The number of para-hydroxylation sites is 1. The molecule has 0 bridgehead atoms. The number of benzene rings is 8. The molecular formula is C52H39NO. The lowest BCUT2D eigenvalue weighted by molar-refractivity contribution is 0.660. The van der Waals surface area contributed by atoms with Crippen molar-refractivity contribution in [1.82, 2.24) is 0 Å². The highest BCUT2D eigenvalue weighted by Crippen LogP contribution is 2.53. The molecule has 2 aliphatic rings. The van der Waals surface area contributed by atoms with Crippen LogP contribution in [0.1, 0.15) is 49.9 Å². The third-order valence-electron chi connectivity index (χ3n) is 12.5. The molecule has 8 aromatic carbocycles. The summed E-state index contributed by atoms with van der Waals surface area (Å²) in [5, 5.41) is 4.70. The molecule has 0 spiro atoms. The maximum atomic E-state index is 6.63. The van der Waals surface area contributed by atoms with E-state index in [0.29, 0.717) is 0 Å². The van der Waals surface area contributed by atoms with E-state index < -0.39 is 0 Å². The molecule has 0 fully saturated rings. The van der Waals surface area contributed by atoms with E-state index in [1.165, 1.54) is 55.3 Å². The molecule has 2 heteroatoms. The van der Waals surface area contributed by atoms with E-state index in [2.05, 4.69) is 196 Å². The Morgan fingerprint density at radius 2 is 0.889 bits per heavy atom. The van der Waals surface area contributed by atoms with E-state index in [9.17, 15) is 0 Å². The van der Waals surface area contributed by atoms with Gasteiger partial charge in [-0.25, -0.2) is 0 Å². The minimum atomic E-state index is -0.101. The van der Waals surface area contributed by atoms with Crippen LogP contribution in [0.4, 0.5) is 17.1 Å². The number of hydrogen-bond donors (Lipinski definition) is 0. The Kier molecular flexibility index (Phi) is 6.39. The largest absolute Gasteiger partial charge is 0.455 e. The van der Waals surface area contributed by atoms with E-state index in [1.54, 1.807) is 0 Å². The molecule has 0 radical (unpaired) electrons. The average Bonchev–Trinajstić information content (AvgIpc) is 3.76. The zero-order chi connectivity index (χ0) is 36.3. The number of rotatable bonds is 4. The van der Waals surface area contributed by atoms with Gasteiger partial charge in [0.25, 0.3) is 0 Å². The Morgan fingerprint density at radius 3 is 1.50 bits per heavy atom. The zero-order valence-electron chi connectivity index (χ0n) is 30.9. The van der Waals surface area contributed by atoms with Gasteiger partial charge in [0.05, 0.1) is 0 Å². The Bertz CT molecular complexity index is 2890. The first-order chi connectivity index (χ1) is 26.3. The zero-order valence-corrected chi connectivity index (χ0v) is 30.9. The summed E-state index contributed by atoms with van der Waals surface area (Å²) in [6.45, 7) is 9.43. The van der Waals surface area contributed by atoms with Crippen molar-refractivity contribution < 1.29 is 4.42 Å². The molecule has 0 saturated heterocycles. The number of anilines is 3. The molecule has 0 amide bonds. The van der Waals surface area contributed by atoms with Crippen molar-refractivity contribution in [3.63, 3.8) is 0 Å². The van der Waals surface area contributed by atoms with Gasteiger partial charge in [-0.1, -0.05) is 143 Å². The van der Waals surface area contributed by atoms with Crippen LogP contribution in [0.3, 0.4) is 0 Å². The van der Waals surface area contributed by atoms with Crippen LogP contribution in [-0.2, 0) is 10.8 Å². The average molecular weight is 694 g/mol. The number of nitrogens with zero attached hydrogens (tertiary/aromatic N) is 1. The SMILES string of the molecule is CC1(C)c2ccccc2-c2ccc(N(c3ccc(-c4cccc5c4oc4cc6ccccc6cc45)cc3)c3ccc4c(c3)C(C)(C)c3ccccc3-4)cc21. The van der Waals surface area contributed by atoms with Gasteiger partial charge in [0.15, 0.2) is 0 Å². The highest BCUT2D eigenvalue weighted by molar-refractivity contribution is 6.13. The van der Waals surface area contributed by atoms with Crippen LogP contribution in [0.15, 0.2) is 168 Å². The summed E-state index contributed by atoms with van der Waals surface area (Å²) in [5.74, 6) is 0. The highest BCUT2D eigenvalue weighted by atomic mass is 16.3. The van der Waals surface area contributed by atoms with Crippen LogP contribution < -0.4 is 4.90 Å². The predicted molar refractivity (Wildman–Crippen MR) is 226 cm³/mol. The van der Waals surface area contributed by atoms with Gasteiger partial charge in [0.1, 0.15) is 11.2 Å². The summed E-state index contributed by atoms with van der Waals surface area (Å²) in [6.07, 6.45) is 0. The van der Waals surface area contributed by atoms with Crippen molar-refractivity contribution in [2.24, 2.45) is 0 Å². The van der Waals surface area contributed by atoms with Gasteiger partial charge in [0.2, 0.25) is 0 Å². The first-order valence-corrected chi connectivity index (χ1v) is 19.0. The van der Waals surface area contributed by atoms with Crippen LogP contribution in [-0.4, -0.2) is 0 Å². The van der Waals surface area contributed by atoms with Gasteiger partial charge in [-0.15, -0.1) is 0 Å². The van der Waals surface area contributed by atoms with Gasteiger partial charge < -0.3 is 9.32 Å². The molecule has 9 aromatic rings. The quantitative estimate of drug-likeness (QED) is 0.182. The van der Waals surface area contributed by atoms with Crippen LogP contribution in [0.25, 0.3) is 66.1 Å². The van der Waals surface area contributed by atoms with Gasteiger partial charge in [-0.3, -0.25) is 0 Å². The molecule has 54 heavy (non-hydrogen) atoms.